The Morgan fingerprint density at radius 2 is 1.65 bits per heavy atom. The van der Waals surface area contributed by atoms with Crippen molar-refractivity contribution in [1.82, 2.24) is 14.9 Å². The van der Waals surface area contributed by atoms with Gasteiger partial charge in [0.1, 0.15) is 33.0 Å². The van der Waals surface area contributed by atoms with Crippen molar-refractivity contribution in [1.29, 1.82) is 0 Å². The zero-order chi connectivity index (χ0) is 35.6. The third-order valence-corrected chi connectivity index (χ3v) is 8.55. The van der Waals surface area contributed by atoms with Gasteiger partial charge in [-0.1, -0.05) is 29.8 Å². The first-order valence-corrected chi connectivity index (χ1v) is 16.1. The Labute approximate surface area is 294 Å². The zero-order valence-electron chi connectivity index (χ0n) is 28.1. The third-order valence-electron chi connectivity index (χ3n) is 7.82. The molecule has 0 bridgehead atoms. The Kier molecular flexibility index (Phi) is 10.3. The van der Waals surface area contributed by atoms with Crippen molar-refractivity contribution in [2.75, 3.05) is 72.8 Å². The van der Waals surface area contributed by atoms with E-state index in [2.05, 4.69) is 32.1 Å². The normalized spacial score (nSPS) is 14.7. The van der Waals surface area contributed by atoms with Gasteiger partial charge in [-0.25, -0.2) is 14.6 Å². The van der Waals surface area contributed by atoms with E-state index in [4.69, 9.17) is 37.4 Å². The average molecular weight is 714 g/mol. The lowest BCUT2D eigenvalue weighted by molar-refractivity contribution is -0.111. The SMILES string of the molecule is C=CC(=O)Nc1cc(N2CCN(C(=O)OC(C)(C)C)CC2)ccc1Nc1ncc2c(n1)N(C)C(=O)N(c1c(Cl)c(OC)cc(OC)c1Cl)C2. The number of carbonyl (C=O) groups excluding carboxylic acids is 3. The molecule has 49 heavy (non-hydrogen) atoms. The zero-order valence-corrected chi connectivity index (χ0v) is 29.6. The van der Waals surface area contributed by atoms with Gasteiger partial charge in [-0.3, -0.25) is 14.6 Å². The minimum atomic E-state index is -0.573. The van der Waals surface area contributed by atoms with Gasteiger partial charge in [-0.05, 0) is 45.0 Å². The summed E-state index contributed by atoms with van der Waals surface area (Å²) in [4.78, 5) is 54.3. The highest BCUT2D eigenvalue weighted by Gasteiger charge is 2.35. The first kappa shape index (κ1) is 35.4. The lowest BCUT2D eigenvalue weighted by Crippen LogP contribution is -2.50. The Hall–Kier alpha value is -4.95. The van der Waals surface area contributed by atoms with Gasteiger partial charge in [-0.2, -0.15) is 4.98 Å². The molecule has 2 N–H and O–H groups in total. The van der Waals surface area contributed by atoms with E-state index in [0.717, 1.165) is 5.69 Å². The summed E-state index contributed by atoms with van der Waals surface area (Å²) in [7, 11) is 4.49. The lowest BCUT2D eigenvalue weighted by Gasteiger charge is -2.37. The molecule has 3 aromatic rings. The smallest absolute Gasteiger partial charge is 0.410 e. The number of amides is 4. The number of fused-ring (bicyclic) bond motifs is 1. The number of hydrogen-bond acceptors (Lipinski definition) is 10. The van der Waals surface area contributed by atoms with Crippen LogP contribution in [0.5, 0.6) is 11.5 Å². The molecule has 2 aliphatic rings. The van der Waals surface area contributed by atoms with E-state index < -0.39 is 17.5 Å². The van der Waals surface area contributed by atoms with Gasteiger partial charge in [0, 0.05) is 56.7 Å². The molecule has 0 atom stereocenters. The van der Waals surface area contributed by atoms with Crippen LogP contribution in [0.4, 0.5) is 44.1 Å². The van der Waals surface area contributed by atoms with Crippen LogP contribution < -0.4 is 34.8 Å². The summed E-state index contributed by atoms with van der Waals surface area (Å²) in [6, 6.07) is 6.64. The largest absolute Gasteiger partial charge is 0.495 e. The molecule has 1 fully saturated rings. The van der Waals surface area contributed by atoms with Crippen molar-refractivity contribution in [2.24, 2.45) is 0 Å². The summed E-state index contributed by atoms with van der Waals surface area (Å²) in [6.45, 7) is 11.3. The number of piperazine rings is 1. The van der Waals surface area contributed by atoms with Crippen molar-refractivity contribution in [3.63, 3.8) is 0 Å². The quantitative estimate of drug-likeness (QED) is 0.256. The number of carbonyl (C=O) groups is 3. The summed E-state index contributed by atoms with van der Waals surface area (Å²) in [5, 5.41) is 6.31. The molecule has 0 unspecified atom stereocenters. The summed E-state index contributed by atoms with van der Waals surface area (Å²) in [5.74, 6) is 0.751. The molecule has 3 heterocycles. The van der Waals surface area contributed by atoms with Crippen molar-refractivity contribution in [3.05, 3.63) is 58.7 Å². The van der Waals surface area contributed by atoms with Crippen LogP contribution in [-0.4, -0.2) is 85.9 Å². The standard InChI is InChI=1S/C33H38Cl2N8O6/c1-8-25(44)37-22-15-20(41-11-13-42(14-12-41)32(46)49-33(2,3)4)9-10-21(22)38-30-36-17-19-18-43(31(45)40(5)29(19)39-30)28-26(34)23(47-6)16-24(48-7)27(28)35/h8-10,15-17H,1,11-14,18H2,2-7H3,(H,37,44)(H,36,38,39). The molecular formula is C33H38Cl2N8O6. The fourth-order valence-electron chi connectivity index (χ4n) is 5.37. The van der Waals surface area contributed by atoms with Crippen molar-refractivity contribution < 1.29 is 28.6 Å². The van der Waals surface area contributed by atoms with Crippen LogP contribution in [0.1, 0.15) is 26.3 Å². The minimum Gasteiger partial charge on any atom is -0.495 e. The number of nitrogens with one attached hydrogen (secondary N) is 2. The first-order chi connectivity index (χ1) is 23.2. The maximum atomic E-state index is 13.7. The fraction of sp³-hybridized carbons (Fsp3) is 0.364. The molecule has 2 aromatic carbocycles. The van der Waals surface area contributed by atoms with Gasteiger partial charge >= 0.3 is 12.1 Å². The maximum Gasteiger partial charge on any atom is 0.410 e. The third kappa shape index (κ3) is 7.55. The molecule has 1 aromatic heterocycles. The molecule has 14 nitrogen and oxygen atoms in total. The second-order valence-electron chi connectivity index (χ2n) is 12.2. The Balaban J connectivity index is 1.38. The van der Waals surface area contributed by atoms with Crippen molar-refractivity contribution in [3.8, 4) is 11.5 Å². The van der Waals surface area contributed by atoms with Crippen LogP contribution in [0.15, 0.2) is 43.1 Å². The molecule has 0 radical (unpaired) electrons. The number of urea groups is 1. The van der Waals surface area contributed by atoms with E-state index in [1.165, 1.54) is 30.1 Å². The minimum absolute atomic E-state index is 0.0745. The molecule has 0 spiro atoms. The van der Waals surface area contributed by atoms with Gasteiger partial charge in [-0.15, -0.1) is 0 Å². The predicted molar refractivity (Wildman–Crippen MR) is 190 cm³/mol. The van der Waals surface area contributed by atoms with Crippen LogP contribution >= 0.6 is 23.2 Å². The Morgan fingerprint density at radius 3 is 2.24 bits per heavy atom. The van der Waals surface area contributed by atoms with Crippen LogP contribution in [0.3, 0.4) is 0 Å². The van der Waals surface area contributed by atoms with Crippen LogP contribution in [0, 0.1) is 0 Å². The van der Waals surface area contributed by atoms with Crippen LogP contribution in [-0.2, 0) is 16.1 Å². The number of methoxy groups -OCH3 is 2. The Morgan fingerprint density at radius 1 is 1.00 bits per heavy atom. The summed E-state index contributed by atoms with van der Waals surface area (Å²) in [6.07, 6.45) is 2.43. The first-order valence-electron chi connectivity index (χ1n) is 15.3. The molecule has 1 saturated heterocycles. The molecule has 4 amide bonds. The van der Waals surface area contributed by atoms with E-state index in [9.17, 15) is 14.4 Å². The van der Waals surface area contributed by atoms with Crippen molar-refractivity contribution >= 4 is 75.7 Å². The average Bonchev–Trinajstić information content (AvgIpc) is 3.07. The van der Waals surface area contributed by atoms with E-state index in [1.807, 2.05) is 32.9 Å². The number of rotatable bonds is 8. The maximum absolute atomic E-state index is 13.7. The molecule has 0 saturated carbocycles. The van der Waals surface area contributed by atoms with Gasteiger partial charge in [0.2, 0.25) is 11.9 Å². The summed E-state index contributed by atoms with van der Waals surface area (Å²) >= 11 is 13.2. The summed E-state index contributed by atoms with van der Waals surface area (Å²) < 4.78 is 16.3. The molecule has 0 aliphatic carbocycles. The summed E-state index contributed by atoms with van der Waals surface area (Å²) in [5.41, 5.74) is 2.11. The highest BCUT2D eigenvalue weighted by Crippen LogP contribution is 2.48. The number of aromatic nitrogens is 2. The molecule has 16 heteroatoms. The van der Waals surface area contributed by atoms with Crippen LogP contribution in [0.2, 0.25) is 10.0 Å². The van der Waals surface area contributed by atoms with Gasteiger partial charge in [0.15, 0.2) is 0 Å². The Bertz CT molecular complexity index is 1760. The highest BCUT2D eigenvalue weighted by molar-refractivity contribution is 6.42. The monoisotopic (exact) mass is 712 g/mol. The molecular weight excluding hydrogens is 675 g/mol. The van der Waals surface area contributed by atoms with E-state index >= 15 is 0 Å². The fourth-order valence-corrected chi connectivity index (χ4v) is 6.08. The van der Waals surface area contributed by atoms with Gasteiger partial charge in [0.05, 0.1) is 37.8 Å². The van der Waals surface area contributed by atoms with E-state index in [1.54, 1.807) is 30.3 Å². The lowest BCUT2D eigenvalue weighted by atomic mass is 10.1. The second-order valence-corrected chi connectivity index (χ2v) is 13.0. The topological polar surface area (TPSA) is 142 Å². The number of ether oxygens (including phenoxy) is 3. The number of halogens is 2. The van der Waals surface area contributed by atoms with E-state index in [0.29, 0.717) is 60.4 Å². The second kappa shape index (κ2) is 14.3. The molecule has 5 rings (SSSR count). The number of anilines is 6. The van der Waals surface area contributed by atoms with Crippen LogP contribution in [0.25, 0.3) is 0 Å². The highest BCUT2D eigenvalue weighted by atomic mass is 35.5. The predicted octanol–water partition coefficient (Wildman–Crippen LogP) is 6.30. The number of nitrogens with zero attached hydrogens (tertiary/aromatic N) is 6. The van der Waals surface area contributed by atoms with E-state index in [-0.39, 0.29) is 34.3 Å². The molecule has 2 aliphatic heterocycles. The number of benzene rings is 2. The van der Waals surface area contributed by atoms with Gasteiger partial charge in [0.25, 0.3) is 0 Å². The number of hydrogen-bond donors (Lipinski definition) is 2. The van der Waals surface area contributed by atoms with Gasteiger partial charge < -0.3 is 34.6 Å². The van der Waals surface area contributed by atoms with Crippen molar-refractivity contribution in [2.45, 2.75) is 32.9 Å². The molecule has 260 valence electrons.